The van der Waals surface area contributed by atoms with Crippen molar-refractivity contribution in [3.63, 3.8) is 0 Å². The second-order valence-corrected chi connectivity index (χ2v) is 7.37. The van der Waals surface area contributed by atoms with Crippen molar-refractivity contribution in [2.45, 2.75) is 6.10 Å². The first-order valence-corrected chi connectivity index (χ1v) is 9.49. The second-order valence-electron chi connectivity index (χ2n) is 7.37. The van der Waals surface area contributed by atoms with Crippen LogP contribution in [0.4, 0.5) is 0 Å². The van der Waals surface area contributed by atoms with Gasteiger partial charge < -0.3 is 9.84 Å². The van der Waals surface area contributed by atoms with Gasteiger partial charge in [-0.3, -0.25) is 13.9 Å². The smallest absolute Gasteiger partial charge is 0.332 e. The largest absolute Gasteiger partial charge is 0.497 e. The van der Waals surface area contributed by atoms with E-state index in [0.29, 0.717) is 28.0 Å². The Kier molecular flexibility index (Phi) is 3.91. The van der Waals surface area contributed by atoms with E-state index in [9.17, 15) is 14.7 Å². The van der Waals surface area contributed by atoms with Gasteiger partial charge >= 0.3 is 5.69 Å². The molecule has 4 aromatic rings. The fraction of sp³-hybridized carbons (Fsp3) is 0.174. The lowest BCUT2D eigenvalue weighted by Gasteiger charge is -2.17. The highest BCUT2D eigenvalue weighted by Crippen LogP contribution is 2.48. The molecule has 0 amide bonds. The van der Waals surface area contributed by atoms with Gasteiger partial charge in [0.05, 0.1) is 18.2 Å². The van der Waals surface area contributed by atoms with Crippen molar-refractivity contribution in [1.82, 2.24) is 14.1 Å². The van der Waals surface area contributed by atoms with E-state index >= 15 is 0 Å². The number of ether oxygens (including phenoxy) is 1. The van der Waals surface area contributed by atoms with Crippen LogP contribution in [0.2, 0.25) is 0 Å². The highest BCUT2D eigenvalue weighted by molar-refractivity contribution is 5.99. The molecule has 0 saturated carbocycles. The third-order valence-electron chi connectivity index (χ3n) is 5.79. The molecule has 0 aliphatic heterocycles. The van der Waals surface area contributed by atoms with Crippen LogP contribution in [-0.2, 0) is 14.1 Å². The van der Waals surface area contributed by atoms with Crippen LogP contribution in [0.3, 0.4) is 0 Å². The zero-order valence-electron chi connectivity index (χ0n) is 16.7. The van der Waals surface area contributed by atoms with Gasteiger partial charge in [-0.1, -0.05) is 36.4 Å². The van der Waals surface area contributed by atoms with E-state index in [1.807, 2.05) is 36.4 Å². The summed E-state index contributed by atoms with van der Waals surface area (Å²) in [4.78, 5) is 30.5. The fourth-order valence-electron chi connectivity index (χ4n) is 4.24. The summed E-state index contributed by atoms with van der Waals surface area (Å²) in [5.74, 6) is 0.679. The van der Waals surface area contributed by atoms with Crippen molar-refractivity contribution >= 4 is 11.0 Å². The summed E-state index contributed by atoms with van der Waals surface area (Å²) in [7, 11) is 4.62. The number of aromatic nitrogens is 3. The Morgan fingerprint density at radius 3 is 2.40 bits per heavy atom. The SMILES string of the molecule is COc1ccc(-c2c3c(nc4c2c(=O)n(C)c(=O)n4C)-c2ccccc2[C@@H]3O)cc1. The normalized spacial score (nSPS) is 14.6. The molecule has 2 aromatic carbocycles. The van der Waals surface area contributed by atoms with Gasteiger partial charge in [0.1, 0.15) is 11.9 Å². The summed E-state index contributed by atoms with van der Waals surface area (Å²) in [6.45, 7) is 0. The molecule has 2 aromatic heterocycles. The minimum atomic E-state index is -0.924. The Bertz CT molecular complexity index is 1450. The molecule has 7 heteroatoms. The van der Waals surface area contributed by atoms with E-state index in [-0.39, 0.29) is 5.65 Å². The molecule has 0 radical (unpaired) electrons. The number of fused-ring (bicyclic) bond motifs is 4. The molecule has 5 rings (SSSR count). The fourth-order valence-corrected chi connectivity index (χ4v) is 4.24. The highest BCUT2D eigenvalue weighted by Gasteiger charge is 2.34. The maximum absolute atomic E-state index is 13.2. The van der Waals surface area contributed by atoms with E-state index in [1.165, 1.54) is 11.6 Å². The lowest BCUT2D eigenvalue weighted by molar-refractivity contribution is 0.225. The van der Waals surface area contributed by atoms with Crippen LogP contribution < -0.4 is 16.0 Å². The monoisotopic (exact) mass is 401 g/mol. The van der Waals surface area contributed by atoms with Crippen LogP contribution in [-0.4, -0.2) is 26.3 Å². The molecule has 150 valence electrons. The first kappa shape index (κ1) is 18.3. The molecule has 30 heavy (non-hydrogen) atoms. The first-order valence-electron chi connectivity index (χ1n) is 9.49. The van der Waals surface area contributed by atoms with E-state index in [0.717, 1.165) is 21.3 Å². The number of aliphatic hydroxyl groups excluding tert-OH is 1. The molecule has 1 aliphatic carbocycles. The van der Waals surface area contributed by atoms with Gasteiger partial charge in [0.2, 0.25) is 0 Å². The lowest BCUT2D eigenvalue weighted by Crippen LogP contribution is -2.37. The van der Waals surface area contributed by atoms with E-state index < -0.39 is 17.4 Å². The number of nitrogens with zero attached hydrogens (tertiary/aromatic N) is 3. The maximum Gasteiger partial charge on any atom is 0.332 e. The third-order valence-corrected chi connectivity index (χ3v) is 5.79. The number of aliphatic hydroxyl groups is 1. The van der Waals surface area contributed by atoms with Gasteiger partial charge in [-0.25, -0.2) is 9.78 Å². The van der Waals surface area contributed by atoms with Crippen molar-refractivity contribution in [3.8, 4) is 28.1 Å². The van der Waals surface area contributed by atoms with Gasteiger partial charge in [-0.05, 0) is 23.3 Å². The summed E-state index contributed by atoms with van der Waals surface area (Å²) in [6, 6.07) is 14.8. The number of hydrogen-bond donors (Lipinski definition) is 1. The van der Waals surface area contributed by atoms with Gasteiger partial charge in [0, 0.05) is 30.8 Å². The molecule has 1 N–H and O–H groups in total. The molecule has 7 nitrogen and oxygen atoms in total. The zero-order valence-corrected chi connectivity index (χ0v) is 16.7. The molecular formula is C23H19N3O4. The predicted octanol–water partition coefficient (Wildman–Crippen LogP) is 2.37. The van der Waals surface area contributed by atoms with Gasteiger partial charge in [0.15, 0.2) is 5.65 Å². The zero-order chi connectivity index (χ0) is 21.2. The van der Waals surface area contributed by atoms with Crippen molar-refractivity contribution in [3.05, 3.63) is 80.5 Å². The third kappa shape index (κ3) is 2.32. The Hall–Kier alpha value is -3.71. The van der Waals surface area contributed by atoms with Crippen LogP contribution in [0, 0.1) is 0 Å². The average Bonchev–Trinajstić information content (AvgIpc) is 3.07. The number of aryl methyl sites for hydroxylation is 1. The van der Waals surface area contributed by atoms with Crippen LogP contribution in [0.25, 0.3) is 33.4 Å². The Balaban J connectivity index is 2.01. The lowest BCUT2D eigenvalue weighted by atomic mass is 9.94. The number of benzene rings is 2. The average molecular weight is 401 g/mol. The molecule has 0 saturated heterocycles. The molecule has 0 spiro atoms. The predicted molar refractivity (Wildman–Crippen MR) is 114 cm³/mol. The van der Waals surface area contributed by atoms with Crippen LogP contribution in [0.5, 0.6) is 5.75 Å². The standard InChI is InChI=1S/C23H19N3O4/c1-25-21-18(22(28)26(2)23(25)29)16(12-8-10-13(30-3)11-9-12)17-19(24-21)14-6-4-5-7-15(14)20(17)27/h4-11,20,27H,1-3H3/t20-/m0/s1. The van der Waals surface area contributed by atoms with Gasteiger partial charge in [-0.2, -0.15) is 0 Å². The molecule has 1 aliphatic rings. The van der Waals surface area contributed by atoms with Crippen molar-refractivity contribution < 1.29 is 9.84 Å². The van der Waals surface area contributed by atoms with Crippen LogP contribution in [0.1, 0.15) is 17.2 Å². The summed E-state index contributed by atoms with van der Waals surface area (Å²) in [6.07, 6.45) is -0.924. The van der Waals surface area contributed by atoms with E-state index in [1.54, 1.807) is 26.3 Å². The Morgan fingerprint density at radius 1 is 1.00 bits per heavy atom. The van der Waals surface area contributed by atoms with Crippen molar-refractivity contribution in [2.24, 2.45) is 14.1 Å². The molecular weight excluding hydrogens is 382 g/mol. The number of rotatable bonds is 2. The van der Waals surface area contributed by atoms with Gasteiger partial charge in [-0.15, -0.1) is 0 Å². The first-order chi connectivity index (χ1) is 14.4. The summed E-state index contributed by atoms with van der Waals surface area (Å²) in [5, 5.41) is 11.5. The Morgan fingerprint density at radius 2 is 1.70 bits per heavy atom. The summed E-state index contributed by atoms with van der Waals surface area (Å²) < 4.78 is 7.70. The van der Waals surface area contributed by atoms with Crippen LogP contribution >= 0.6 is 0 Å². The topological polar surface area (TPSA) is 86.4 Å². The highest BCUT2D eigenvalue weighted by atomic mass is 16.5. The number of hydrogen-bond acceptors (Lipinski definition) is 5. The van der Waals surface area contributed by atoms with E-state index in [4.69, 9.17) is 9.72 Å². The number of methoxy groups -OCH3 is 1. The summed E-state index contributed by atoms with van der Waals surface area (Å²) in [5.41, 5.74) is 3.39. The quantitative estimate of drug-likeness (QED) is 0.557. The molecule has 0 fully saturated rings. The van der Waals surface area contributed by atoms with Crippen LogP contribution in [0.15, 0.2) is 58.1 Å². The Labute approximate surface area is 171 Å². The maximum atomic E-state index is 13.2. The molecule has 2 heterocycles. The number of pyridine rings is 1. The molecule has 1 atom stereocenters. The van der Waals surface area contributed by atoms with E-state index in [2.05, 4.69) is 0 Å². The summed E-state index contributed by atoms with van der Waals surface area (Å²) >= 11 is 0. The minimum absolute atomic E-state index is 0.288. The second kappa shape index (κ2) is 6.40. The van der Waals surface area contributed by atoms with Gasteiger partial charge in [0.25, 0.3) is 5.56 Å². The minimum Gasteiger partial charge on any atom is -0.497 e. The van der Waals surface area contributed by atoms with Crippen molar-refractivity contribution in [1.29, 1.82) is 0 Å². The molecule has 0 bridgehead atoms. The van der Waals surface area contributed by atoms with Crippen molar-refractivity contribution in [2.75, 3.05) is 7.11 Å². The molecule has 0 unspecified atom stereocenters.